The number of carbonyl (C=O) groups is 1. The normalized spacial score (nSPS) is 11.1. The lowest BCUT2D eigenvalue weighted by molar-refractivity contribution is 0.0823. The molecule has 3 N–H and O–H groups in total. The molecule has 4 aromatic rings. The highest BCUT2D eigenvalue weighted by molar-refractivity contribution is 7.80. The predicted molar refractivity (Wildman–Crippen MR) is 107 cm³/mol. The molecule has 2 heterocycles. The highest BCUT2D eigenvalue weighted by Crippen LogP contribution is 2.35. The molecule has 0 aliphatic carbocycles. The van der Waals surface area contributed by atoms with Crippen LogP contribution in [0.4, 0.5) is 0 Å². The first-order chi connectivity index (χ1) is 13.4. The number of fused-ring (bicyclic) bond motifs is 1. The summed E-state index contributed by atoms with van der Waals surface area (Å²) in [6.45, 7) is 0. The minimum atomic E-state index is -0.145. The largest absolute Gasteiger partial charge is 0.508 e. The minimum Gasteiger partial charge on any atom is -0.508 e. The van der Waals surface area contributed by atoms with E-state index in [0.29, 0.717) is 27.9 Å². The van der Waals surface area contributed by atoms with Crippen LogP contribution < -0.4 is 0 Å². The fourth-order valence-corrected chi connectivity index (χ4v) is 3.32. The van der Waals surface area contributed by atoms with Crippen LogP contribution in [0.15, 0.2) is 47.6 Å². The summed E-state index contributed by atoms with van der Waals surface area (Å²) >= 11 is 4.41. The van der Waals surface area contributed by atoms with Gasteiger partial charge < -0.3 is 20.1 Å². The number of amides is 1. The molecule has 8 nitrogen and oxygen atoms in total. The molecule has 0 radical (unpaired) electrons. The molecule has 28 heavy (non-hydrogen) atoms. The van der Waals surface area contributed by atoms with E-state index >= 15 is 0 Å². The van der Waals surface area contributed by atoms with Crippen LogP contribution in [0.3, 0.4) is 0 Å². The van der Waals surface area contributed by atoms with Crippen molar-refractivity contribution in [2.45, 2.75) is 5.16 Å². The Bertz CT molecular complexity index is 1210. The Labute approximate surface area is 165 Å². The molecule has 0 spiro atoms. The monoisotopic (exact) mass is 395 g/mol. The highest BCUT2D eigenvalue weighted by atomic mass is 32.1. The molecule has 2 aromatic heterocycles. The van der Waals surface area contributed by atoms with E-state index in [1.54, 1.807) is 30.8 Å². The zero-order valence-corrected chi connectivity index (χ0v) is 16.0. The van der Waals surface area contributed by atoms with Gasteiger partial charge in [-0.2, -0.15) is 0 Å². The van der Waals surface area contributed by atoms with Gasteiger partial charge in [0, 0.05) is 31.1 Å². The van der Waals surface area contributed by atoms with E-state index in [4.69, 9.17) is 0 Å². The number of aromatic nitrogens is 4. The van der Waals surface area contributed by atoms with Gasteiger partial charge in [-0.3, -0.25) is 9.36 Å². The molecule has 0 saturated heterocycles. The Balaban J connectivity index is 1.94. The van der Waals surface area contributed by atoms with Crippen LogP contribution in [-0.4, -0.2) is 54.9 Å². The lowest BCUT2D eigenvalue weighted by atomic mass is 10.1. The van der Waals surface area contributed by atoms with Crippen LogP contribution in [-0.2, 0) is 0 Å². The van der Waals surface area contributed by atoms with Crippen molar-refractivity contribution >= 4 is 29.4 Å². The quantitative estimate of drug-likeness (QED) is 0.399. The van der Waals surface area contributed by atoms with Crippen molar-refractivity contribution < 1.29 is 15.0 Å². The molecule has 142 valence electrons. The maximum atomic E-state index is 12.3. The van der Waals surface area contributed by atoms with Crippen molar-refractivity contribution in [1.29, 1.82) is 0 Å². The van der Waals surface area contributed by atoms with Crippen molar-refractivity contribution in [2.75, 3.05) is 14.1 Å². The van der Waals surface area contributed by atoms with Gasteiger partial charge in [0.05, 0.1) is 11.3 Å². The van der Waals surface area contributed by atoms with E-state index in [-0.39, 0.29) is 17.4 Å². The van der Waals surface area contributed by atoms with Gasteiger partial charge in [-0.1, -0.05) is 6.07 Å². The Kier molecular flexibility index (Phi) is 4.23. The number of nitrogens with one attached hydrogen (secondary N) is 1. The van der Waals surface area contributed by atoms with Gasteiger partial charge in [0.15, 0.2) is 11.0 Å². The van der Waals surface area contributed by atoms with Gasteiger partial charge in [-0.15, -0.1) is 22.8 Å². The number of phenolic OH excluding ortho intramolecular Hbond substituents is 2. The second-order valence-corrected chi connectivity index (χ2v) is 6.88. The number of phenols is 2. The molecule has 0 fully saturated rings. The van der Waals surface area contributed by atoms with Crippen molar-refractivity contribution in [3.8, 4) is 28.6 Å². The molecule has 0 saturated carbocycles. The molecular weight excluding hydrogens is 378 g/mol. The van der Waals surface area contributed by atoms with E-state index in [1.165, 1.54) is 17.0 Å². The third kappa shape index (κ3) is 2.85. The van der Waals surface area contributed by atoms with Crippen LogP contribution in [0.5, 0.6) is 11.5 Å². The summed E-state index contributed by atoms with van der Waals surface area (Å²) in [6, 6.07) is 11.6. The molecule has 0 aliphatic rings. The number of nitrogens with zero attached hydrogens (tertiary/aromatic N) is 4. The Morgan fingerprint density at radius 3 is 2.64 bits per heavy atom. The van der Waals surface area contributed by atoms with E-state index in [2.05, 4.69) is 27.8 Å². The lowest BCUT2D eigenvalue weighted by Crippen LogP contribution is -2.21. The Morgan fingerprint density at radius 2 is 1.93 bits per heavy atom. The van der Waals surface area contributed by atoms with Crippen LogP contribution in [0, 0.1) is 0 Å². The van der Waals surface area contributed by atoms with E-state index in [0.717, 1.165) is 10.9 Å². The van der Waals surface area contributed by atoms with Crippen molar-refractivity contribution in [2.24, 2.45) is 0 Å². The molecule has 0 bridgehead atoms. The summed E-state index contributed by atoms with van der Waals surface area (Å²) < 4.78 is 1.68. The summed E-state index contributed by atoms with van der Waals surface area (Å²) in [4.78, 5) is 17.0. The van der Waals surface area contributed by atoms with Crippen molar-refractivity contribution in [3.05, 3.63) is 48.2 Å². The molecule has 4 rings (SSSR count). The molecule has 2 aromatic carbocycles. The van der Waals surface area contributed by atoms with Gasteiger partial charge in [-0.25, -0.2) is 0 Å². The molecule has 0 aliphatic heterocycles. The molecule has 0 unspecified atom stereocenters. The summed E-state index contributed by atoms with van der Waals surface area (Å²) in [5.41, 5.74) is 2.31. The third-order valence-corrected chi connectivity index (χ3v) is 4.68. The van der Waals surface area contributed by atoms with Crippen molar-refractivity contribution in [3.63, 3.8) is 0 Å². The minimum absolute atomic E-state index is 0.0574. The first-order valence-electron chi connectivity index (χ1n) is 8.37. The fraction of sp³-hybridized carbons (Fsp3) is 0.105. The van der Waals surface area contributed by atoms with Gasteiger partial charge >= 0.3 is 0 Å². The fourth-order valence-electron chi connectivity index (χ4n) is 3.07. The van der Waals surface area contributed by atoms with Gasteiger partial charge in [0.1, 0.15) is 17.2 Å². The van der Waals surface area contributed by atoms with E-state index < -0.39 is 0 Å². The summed E-state index contributed by atoms with van der Waals surface area (Å²) in [5.74, 6) is 0.0229. The maximum Gasteiger partial charge on any atom is 0.269 e. The maximum absolute atomic E-state index is 12.3. The summed E-state index contributed by atoms with van der Waals surface area (Å²) in [7, 11) is 3.37. The van der Waals surface area contributed by atoms with Crippen LogP contribution >= 0.6 is 12.6 Å². The first-order valence-corrected chi connectivity index (χ1v) is 8.82. The average Bonchev–Trinajstić information content (AvgIpc) is 3.24. The standard InChI is InChI=1S/C19H17N5O3S/c1-23(2)18(27)14-9-12-13(20-14)4-3-5-15(12)24-17(21-22-19(24)28)11-7-6-10(25)8-16(11)26/h3-9,20,25-26H,1-2H3,(H,22,28). The number of hydrogen-bond donors (Lipinski definition) is 4. The third-order valence-electron chi connectivity index (χ3n) is 4.39. The van der Waals surface area contributed by atoms with E-state index in [9.17, 15) is 15.0 Å². The van der Waals surface area contributed by atoms with Gasteiger partial charge in [-0.05, 0) is 30.3 Å². The number of H-pyrrole nitrogens is 1. The zero-order chi connectivity index (χ0) is 20.0. The summed E-state index contributed by atoms with van der Waals surface area (Å²) in [6.07, 6.45) is 0. The van der Waals surface area contributed by atoms with Gasteiger partial charge in [0.2, 0.25) is 0 Å². The second-order valence-electron chi connectivity index (χ2n) is 6.48. The highest BCUT2D eigenvalue weighted by Gasteiger charge is 2.20. The van der Waals surface area contributed by atoms with Crippen molar-refractivity contribution in [1.82, 2.24) is 24.6 Å². The number of rotatable bonds is 3. The lowest BCUT2D eigenvalue weighted by Gasteiger charge is -2.11. The topological polar surface area (TPSA) is 107 Å². The Hall–Kier alpha value is -3.46. The average molecular weight is 395 g/mol. The first kappa shape index (κ1) is 17.9. The van der Waals surface area contributed by atoms with Crippen LogP contribution in [0.1, 0.15) is 10.5 Å². The number of thiol groups is 1. The molecule has 9 heteroatoms. The Morgan fingerprint density at radius 1 is 1.14 bits per heavy atom. The predicted octanol–water partition coefficient (Wildman–Crippen LogP) is 2.82. The van der Waals surface area contributed by atoms with Crippen LogP contribution in [0.2, 0.25) is 0 Å². The van der Waals surface area contributed by atoms with Crippen LogP contribution in [0.25, 0.3) is 28.0 Å². The van der Waals surface area contributed by atoms with Gasteiger partial charge in [0.25, 0.3) is 5.91 Å². The van der Waals surface area contributed by atoms with E-state index in [1.807, 2.05) is 18.2 Å². The zero-order valence-electron chi connectivity index (χ0n) is 15.1. The smallest absolute Gasteiger partial charge is 0.269 e. The SMILES string of the molecule is CN(C)C(=O)c1cc2c(-n3c(S)nnc3-c3ccc(O)cc3O)cccc2[nH]1. The molecular formula is C19H17N5O3S. The molecule has 1 amide bonds. The number of carbonyl (C=O) groups excluding carboxylic acids is 1. The number of hydrogen-bond acceptors (Lipinski definition) is 6. The number of aromatic amines is 1. The number of aromatic hydroxyl groups is 2. The molecule has 0 atom stereocenters. The summed E-state index contributed by atoms with van der Waals surface area (Å²) in [5, 5.41) is 29.1. The second kappa shape index (κ2) is 6.61. The number of benzene rings is 2.